The molecule has 0 saturated carbocycles. The molecule has 11 nitrogen and oxygen atoms in total. The number of nitrogens with two attached hydrogens (primary N) is 1. The predicted octanol–water partition coefficient (Wildman–Crippen LogP) is 0.841. The molecule has 158 valence electrons. The molecule has 1 aliphatic rings. The second kappa shape index (κ2) is 7.55. The molecule has 1 aromatic carbocycles. The van der Waals surface area contributed by atoms with Crippen molar-refractivity contribution in [1.82, 2.24) is 29.9 Å². The molecule has 0 fully saturated rings. The molecule has 0 radical (unpaired) electrons. The molecule has 1 unspecified atom stereocenters. The molecular weight excluding hydrogens is 405 g/mol. The van der Waals surface area contributed by atoms with Crippen molar-refractivity contribution in [3.63, 3.8) is 0 Å². The lowest BCUT2D eigenvalue weighted by molar-refractivity contribution is -0.128. The van der Waals surface area contributed by atoms with Crippen molar-refractivity contribution in [2.24, 2.45) is 10.7 Å². The fraction of sp³-hybridized carbons (Fsp3) is 0.211. The summed E-state index contributed by atoms with van der Waals surface area (Å²) in [6.45, 7) is 1.61. The Bertz CT molecular complexity index is 1180. The maximum atomic E-state index is 14.6. The van der Waals surface area contributed by atoms with E-state index in [0.29, 0.717) is 11.5 Å². The van der Waals surface area contributed by atoms with Gasteiger partial charge in [-0.15, -0.1) is 4.80 Å². The summed E-state index contributed by atoms with van der Waals surface area (Å²) in [4.78, 5) is 39.7. The third-order valence-corrected chi connectivity index (χ3v) is 4.87. The van der Waals surface area contributed by atoms with Gasteiger partial charge < -0.3 is 11.1 Å². The lowest BCUT2D eigenvalue weighted by Crippen LogP contribution is -2.47. The Kier molecular flexibility index (Phi) is 4.89. The van der Waals surface area contributed by atoms with Crippen LogP contribution in [0.1, 0.15) is 29.4 Å². The largest absolute Gasteiger partial charge is 0.369 e. The van der Waals surface area contributed by atoms with Gasteiger partial charge in [-0.05, 0) is 25.1 Å². The average molecular weight is 423 g/mol. The molecule has 12 heteroatoms. The first-order valence-corrected chi connectivity index (χ1v) is 9.19. The highest BCUT2D eigenvalue weighted by atomic mass is 19.1. The number of hydrogen-bond acceptors (Lipinski definition) is 8. The molecule has 3 heterocycles. The number of carbonyl (C=O) groups is 2. The molecule has 4 rings (SSSR count). The number of aromatic nitrogens is 5. The summed E-state index contributed by atoms with van der Waals surface area (Å²) in [6, 6.07) is 4.03. The lowest BCUT2D eigenvalue weighted by atomic mass is 9.87. The van der Waals surface area contributed by atoms with Gasteiger partial charge in [0.25, 0.3) is 5.91 Å². The van der Waals surface area contributed by atoms with Crippen LogP contribution in [0, 0.1) is 5.82 Å². The van der Waals surface area contributed by atoms with Crippen molar-refractivity contribution in [3.8, 4) is 5.82 Å². The van der Waals surface area contributed by atoms with E-state index < -0.39 is 17.3 Å². The lowest BCUT2D eigenvalue weighted by Gasteiger charge is -2.34. The van der Waals surface area contributed by atoms with E-state index in [-0.39, 0.29) is 29.5 Å². The first kappa shape index (κ1) is 20.1. The van der Waals surface area contributed by atoms with Gasteiger partial charge in [0, 0.05) is 18.3 Å². The van der Waals surface area contributed by atoms with Crippen LogP contribution >= 0.6 is 0 Å². The molecular formula is C19H18FN9O2. The number of halogens is 1. The summed E-state index contributed by atoms with van der Waals surface area (Å²) in [6.07, 6.45) is 5.55. The van der Waals surface area contributed by atoms with Crippen LogP contribution in [0.25, 0.3) is 5.82 Å². The van der Waals surface area contributed by atoms with Crippen LogP contribution in [-0.4, -0.2) is 54.7 Å². The molecule has 0 saturated heterocycles. The van der Waals surface area contributed by atoms with E-state index in [9.17, 15) is 14.0 Å². The van der Waals surface area contributed by atoms with Crippen molar-refractivity contribution in [3.05, 3.63) is 60.1 Å². The van der Waals surface area contributed by atoms with Crippen molar-refractivity contribution < 1.29 is 14.0 Å². The van der Waals surface area contributed by atoms with Gasteiger partial charge in [-0.1, -0.05) is 0 Å². The predicted molar refractivity (Wildman–Crippen MR) is 108 cm³/mol. The summed E-state index contributed by atoms with van der Waals surface area (Å²) in [5.41, 5.74) is 5.11. The van der Waals surface area contributed by atoms with Gasteiger partial charge in [-0.25, -0.2) is 19.4 Å². The number of guanidine groups is 1. The maximum Gasteiger partial charge on any atom is 0.275 e. The smallest absolute Gasteiger partial charge is 0.275 e. The molecule has 3 N–H and O–H groups in total. The molecule has 31 heavy (non-hydrogen) atoms. The topological polar surface area (TPSA) is 144 Å². The number of nitrogens with zero attached hydrogens (tertiary/aromatic N) is 7. The number of aliphatic imine (C=N–C) groups is 1. The van der Waals surface area contributed by atoms with Gasteiger partial charge in [0.05, 0.1) is 36.7 Å². The number of benzene rings is 1. The Labute approximate surface area is 175 Å². The van der Waals surface area contributed by atoms with E-state index in [4.69, 9.17) is 5.73 Å². The van der Waals surface area contributed by atoms with Crippen LogP contribution in [-0.2, 0) is 10.3 Å². The van der Waals surface area contributed by atoms with E-state index in [1.54, 1.807) is 6.92 Å². The molecule has 2 aromatic heterocycles. The van der Waals surface area contributed by atoms with Crippen LogP contribution < -0.4 is 11.1 Å². The minimum Gasteiger partial charge on any atom is -0.369 e. The summed E-state index contributed by atoms with van der Waals surface area (Å²) in [5, 5.41) is 10.5. The van der Waals surface area contributed by atoms with Gasteiger partial charge in [0.1, 0.15) is 11.5 Å². The molecule has 1 aliphatic heterocycles. The second-order valence-electron chi connectivity index (χ2n) is 7.10. The number of anilines is 1. The first-order valence-electron chi connectivity index (χ1n) is 9.19. The summed E-state index contributed by atoms with van der Waals surface area (Å²) < 4.78 is 14.6. The van der Waals surface area contributed by atoms with Gasteiger partial charge in [-0.3, -0.25) is 14.5 Å². The fourth-order valence-corrected chi connectivity index (χ4v) is 3.15. The molecule has 0 spiro atoms. The van der Waals surface area contributed by atoms with Gasteiger partial charge in [-0.2, -0.15) is 10.2 Å². The van der Waals surface area contributed by atoms with Crippen LogP contribution in [0.15, 0.2) is 48.0 Å². The number of hydrogen-bond donors (Lipinski definition) is 2. The minimum absolute atomic E-state index is 0.00498. The molecule has 0 bridgehead atoms. The first-order chi connectivity index (χ1) is 14.8. The van der Waals surface area contributed by atoms with Crippen LogP contribution in [0.2, 0.25) is 0 Å². The van der Waals surface area contributed by atoms with Crippen LogP contribution in [0.4, 0.5) is 10.1 Å². The highest BCUT2D eigenvalue weighted by Gasteiger charge is 2.38. The van der Waals surface area contributed by atoms with E-state index in [1.165, 1.54) is 59.7 Å². The zero-order valence-corrected chi connectivity index (χ0v) is 16.7. The Hall–Kier alpha value is -4.22. The third-order valence-electron chi connectivity index (χ3n) is 4.87. The van der Waals surface area contributed by atoms with Crippen molar-refractivity contribution in [2.75, 3.05) is 12.4 Å². The maximum absolute atomic E-state index is 14.6. The summed E-state index contributed by atoms with van der Waals surface area (Å²) in [7, 11) is 1.50. The van der Waals surface area contributed by atoms with E-state index in [2.05, 4.69) is 30.5 Å². The number of nitrogens with one attached hydrogen (secondary N) is 1. The highest BCUT2D eigenvalue weighted by molar-refractivity contribution is 6.03. The molecule has 1 atom stereocenters. The van der Waals surface area contributed by atoms with Crippen molar-refractivity contribution >= 4 is 23.5 Å². The van der Waals surface area contributed by atoms with Crippen molar-refractivity contribution in [1.29, 1.82) is 0 Å². The highest BCUT2D eigenvalue weighted by Crippen LogP contribution is 2.35. The van der Waals surface area contributed by atoms with Gasteiger partial charge in [0.2, 0.25) is 5.91 Å². The Morgan fingerprint density at radius 3 is 2.61 bits per heavy atom. The molecule has 2 amide bonds. The zero-order valence-electron chi connectivity index (χ0n) is 16.7. The van der Waals surface area contributed by atoms with E-state index in [0.717, 1.165) is 0 Å². The summed E-state index contributed by atoms with van der Waals surface area (Å²) >= 11 is 0. The second-order valence-corrected chi connectivity index (χ2v) is 7.10. The Balaban J connectivity index is 1.57. The van der Waals surface area contributed by atoms with Crippen LogP contribution in [0.3, 0.4) is 0 Å². The van der Waals surface area contributed by atoms with Crippen LogP contribution in [0.5, 0.6) is 0 Å². The average Bonchev–Trinajstić information content (AvgIpc) is 3.28. The quantitative estimate of drug-likeness (QED) is 0.633. The standard InChI is InChI=1S/C19H18FN9O2/c1-19(8-16(30)28(2)18(21)27-19)12-7-11(3-4-13(12)20)26-17(31)14-9-23-15(10-22-14)29-24-5-6-25-29/h3-7,9-10H,8H2,1-2H3,(H2,21,27)(H,26,31). The van der Waals surface area contributed by atoms with Gasteiger partial charge in [0.15, 0.2) is 11.8 Å². The number of rotatable bonds is 4. The van der Waals surface area contributed by atoms with E-state index >= 15 is 0 Å². The fourth-order valence-electron chi connectivity index (χ4n) is 3.15. The molecule has 0 aliphatic carbocycles. The molecule has 3 aromatic rings. The Morgan fingerprint density at radius 1 is 1.23 bits per heavy atom. The minimum atomic E-state index is -1.20. The third kappa shape index (κ3) is 3.82. The number of carbonyl (C=O) groups excluding carboxylic acids is 2. The monoisotopic (exact) mass is 423 g/mol. The summed E-state index contributed by atoms with van der Waals surface area (Å²) in [5.74, 6) is -1.05. The number of amides is 2. The normalized spacial score (nSPS) is 18.6. The van der Waals surface area contributed by atoms with Crippen molar-refractivity contribution in [2.45, 2.75) is 18.9 Å². The van der Waals surface area contributed by atoms with E-state index in [1.807, 2.05) is 0 Å². The SMILES string of the molecule is CN1C(=O)CC(C)(c2cc(NC(=O)c3cnc(-n4nccn4)cn3)ccc2F)N=C1N. The van der Waals surface area contributed by atoms with Gasteiger partial charge >= 0.3 is 0 Å². The zero-order chi connectivity index (χ0) is 22.2. The Morgan fingerprint density at radius 2 is 1.97 bits per heavy atom.